The van der Waals surface area contributed by atoms with Crippen molar-refractivity contribution in [3.8, 4) is 0 Å². The van der Waals surface area contributed by atoms with Gasteiger partial charge in [-0.1, -0.05) is 18.2 Å². The van der Waals surface area contributed by atoms with E-state index in [4.69, 9.17) is 10.2 Å². The van der Waals surface area contributed by atoms with Gasteiger partial charge < -0.3 is 15.1 Å². The average molecular weight is 246 g/mol. The van der Waals surface area contributed by atoms with E-state index in [0.717, 1.165) is 16.7 Å². The molecule has 0 spiro atoms. The molecule has 4 heteroatoms. The molecule has 0 saturated heterocycles. The number of hydrogen-bond donors (Lipinski definition) is 1. The van der Waals surface area contributed by atoms with Crippen LogP contribution >= 0.6 is 0 Å². The average Bonchev–Trinajstić information content (AvgIpc) is 2.81. The van der Waals surface area contributed by atoms with Gasteiger partial charge in [-0.05, 0) is 19.1 Å². The Hall–Kier alpha value is -1.81. The number of furan rings is 1. The van der Waals surface area contributed by atoms with Gasteiger partial charge in [0.25, 0.3) is 0 Å². The van der Waals surface area contributed by atoms with Gasteiger partial charge in [-0.25, -0.2) is 0 Å². The lowest BCUT2D eigenvalue weighted by Crippen LogP contribution is -2.30. The molecule has 4 nitrogen and oxygen atoms in total. The van der Waals surface area contributed by atoms with E-state index in [1.54, 1.807) is 11.9 Å². The highest BCUT2D eigenvalue weighted by Gasteiger charge is 2.19. The summed E-state index contributed by atoms with van der Waals surface area (Å²) in [5.41, 5.74) is 6.24. The molecule has 0 radical (unpaired) electrons. The number of nitrogens with two attached hydrogens (primary N) is 1. The van der Waals surface area contributed by atoms with E-state index in [1.165, 1.54) is 0 Å². The van der Waals surface area contributed by atoms with E-state index in [-0.39, 0.29) is 11.9 Å². The molecule has 1 aromatic heterocycles. The zero-order valence-electron chi connectivity index (χ0n) is 10.7. The fraction of sp³-hybridized carbons (Fsp3) is 0.357. The maximum absolute atomic E-state index is 11.8. The van der Waals surface area contributed by atoms with Crippen LogP contribution in [0, 0.1) is 0 Å². The second kappa shape index (κ2) is 5.23. The molecular formula is C14H18N2O2. The highest BCUT2D eigenvalue weighted by Crippen LogP contribution is 2.26. The van der Waals surface area contributed by atoms with Crippen LogP contribution < -0.4 is 5.73 Å². The van der Waals surface area contributed by atoms with Gasteiger partial charge in [-0.3, -0.25) is 4.79 Å². The topological polar surface area (TPSA) is 59.5 Å². The third kappa shape index (κ3) is 2.38. The summed E-state index contributed by atoms with van der Waals surface area (Å²) in [4.78, 5) is 13.4. The van der Waals surface area contributed by atoms with Crippen molar-refractivity contribution in [2.75, 3.05) is 13.6 Å². The Bertz CT molecular complexity index is 514. The molecule has 1 atom stereocenters. The van der Waals surface area contributed by atoms with Gasteiger partial charge >= 0.3 is 0 Å². The molecule has 2 N–H and O–H groups in total. The summed E-state index contributed by atoms with van der Waals surface area (Å²) >= 11 is 0. The van der Waals surface area contributed by atoms with E-state index < -0.39 is 0 Å². The maximum atomic E-state index is 11.8. The van der Waals surface area contributed by atoms with Crippen LogP contribution in [-0.4, -0.2) is 24.4 Å². The number of nitrogens with zero attached hydrogens (tertiary/aromatic N) is 1. The van der Waals surface area contributed by atoms with Crippen LogP contribution in [0.3, 0.4) is 0 Å². The number of carbonyl (C=O) groups is 1. The SMILES string of the molecule is CC(c1cc2ccccc2o1)N(C)C(=O)CCN. The molecule has 1 heterocycles. The van der Waals surface area contributed by atoms with Crippen molar-refractivity contribution in [2.24, 2.45) is 5.73 Å². The molecule has 1 amide bonds. The van der Waals surface area contributed by atoms with Gasteiger partial charge in [0.05, 0.1) is 6.04 Å². The van der Waals surface area contributed by atoms with Crippen molar-refractivity contribution >= 4 is 16.9 Å². The summed E-state index contributed by atoms with van der Waals surface area (Å²) < 4.78 is 5.75. The van der Waals surface area contributed by atoms with Crippen molar-refractivity contribution in [2.45, 2.75) is 19.4 Å². The van der Waals surface area contributed by atoms with Crippen LogP contribution in [0.25, 0.3) is 11.0 Å². The predicted octanol–water partition coefficient (Wildman–Crippen LogP) is 2.30. The van der Waals surface area contributed by atoms with Crippen molar-refractivity contribution in [3.63, 3.8) is 0 Å². The summed E-state index contributed by atoms with van der Waals surface area (Å²) in [5.74, 6) is 0.828. The van der Waals surface area contributed by atoms with Crippen LogP contribution in [0.2, 0.25) is 0 Å². The molecule has 2 rings (SSSR count). The summed E-state index contributed by atoms with van der Waals surface area (Å²) in [6, 6.07) is 9.71. The fourth-order valence-electron chi connectivity index (χ4n) is 1.91. The summed E-state index contributed by atoms with van der Waals surface area (Å²) in [7, 11) is 1.77. The van der Waals surface area contributed by atoms with E-state index >= 15 is 0 Å². The van der Waals surface area contributed by atoms with Crippen LogP contribution in [0.15, 0.2) is 34.7 Å². The van der Waals surface area contributed by atoms with Crippen molar-refractivity contribution in [3.05, 3.63) is 36.1 Å². The second-order valence-electron chi connectivity index (χ2n) is 4.41. The van der Waals surface area contributed by atoms with Gasteiger partial charge in [0.2, 0.25) is 5.91 Å². The number of benzene rings is 1. The van der Waals surface area contributed by atoms with Crippen molar-refractivity contribution in [1.29, 1.82) is 0 Å². The smallest absolute Gasteiger partial charge is 0.224 e. The van der Waals surface area contributed by atoms with E-state index in [1.807, 2.05) is 37.3 Å². The maximum Gasteiger partial charge on any atom is 0.224 e. The third-order valence-electron chi connectivity index (χ3n) is 3.19. The van der Waals surface area contributed by atoms with E-state index in [0.29, 0.717) is 13.0 Å². The lowest BCUT2D eigenvalue weighted by molar-refractivity contribution is -0.131. The lowest BCUT2D eigenvalue weighted by atomic mass is 10.2. The van der Waals surface area contributed by atoms with Gasteiger partial charge in [-0.15, -0.1) is 0 Å². The molecule has 0 saturated carbocycles. The Morgan fingerprint density at radius 2 is 2.17 bits per heavy atom. The molecule has 0 bridgehead atoms. The minimum atomic E-state index is -0.0866. The van der Waals surface area contributed by atoms with Crippen molar-refractivity contribution in [1.82, 2.24) is 4.90 Å². The molecule has 1 unspecified atom stereocenters. The number of hydrogen-bond acceptors (Lipinski definition) is 3. The fourth-order valence-corrected chi connectivity index (χ4v) is 1.91. The molecular weight excluding hydrogens is 228 g/mol. The monoisotopic (exact) mass is 246 g/mol. The van der Waals surface area contributed by atoms with Crippen LogP contribution in [-0.2, 0) is 4.79 Å². The Morgan fingerprint density at radius 1 is 1.44 bits per heavy atom. The number of carbonyl (C=O) groups excluding carboxylic acids is 1. The molecule has 1 aromatic carbocycles. The molecule has 0 aliphatic carbocycles. The van der Waals surface area contributed by atoms with E-state index in [2.05, 4.69) is 0 Å². The molecule has 96 valence electrons. The molecule has 2 aromatic rings. The first kappa shape index (κ1) is 12.6. The minimum absolute atomic E-state index is 0.0328. The quantitative estimate of drug-likeness (QED) is 0.900. The number of fused-ring (bicyclic) bond motifs is 1. The van der Waals surface area contributed by atoms with Gasteiger partial charge in [0, 0.05) is 25.4 Å². The second-order valence-corrected chi connectivity index (χ2v) is 4.41. The predicted molar refractivity (Wildman–Crippen MR) is 71.1 cm³/mol. The third-order valence-corrected chi connectivity index (χ3v) is 3.19. The molecule has 0 aliphatic heterocycles. The van der Waals surface area contributed by atoms with Crippen LogP contribution in [0.4, 0.5) is 0 Å². The van der Waals surface area contributed by atoms with Gasteiger partial charge in [0.1, 0.15) is 11.3 Å². The molecule has 0 aliphatic rings. The number of rotatable bonds is 4. The first-order valence-corrected chi connectivity index (χ1v) is 6.07. The summed E-state index contributed by atoms with van der Waals surface area (Å²) in [6.07, 6.45) is 0.362. The van der Waals surface area contributed by atoms with Crippen molar-refractivity contribution < 1.29 is 9.21 Å². The van der Waals surface area contributed by atoms with E-state index in [9.17, 15) is 4.79 Å². The van der Waals surface area contributed by atoms with Crippen LogP contribution in [0.1, 0.15) is 25.1 Å². The molecule has 18 heavy (non-hydrogen) atoms. The number of para-hydroxylation sites is 1. The Balaban J connectivity index is 2.22. The molecule has 0 fully saturated rings. The zero-order chi connectivity index (χ0) is 13.1. The van der Waals surface area contributed by atoms with Gasteiger partial charge in [-0.2, -0.15) is 0 Å². The minimum Gasteiger partial charge on any atom is -0.459 e. The largest absolute Gasteiger partial charge is 0.459 e. The Labute approximate surface area is 106 Å². The lowest BCUT2D eigenvalue weighted by Gasteiger charge is -2.23. The summed E-state index contributed by atoms with van der Waals surface area (Å²) in [6.45, 7) is 2.32. The highest BCUT2D eigenvalue weighted by molar-refractivity contribution is 5.79. The first-order valence-electron chi connectivity index (χ1n) is 6.07. The van der Waals surface area contributed by atoms with Gasteiger partial charge in [0.15, 0.2) is 0 Å². The first-order chi connectivity index (χ1) is 8.63. The standard InChI is InChI=1S/C14H18N2O2/c1-10(16(2)14(17)7-8-15)13-9-11-5-3-4-6-12(11)18-13/h3-6,9-10H,7-8,15H2,1-2H3. The Morgan fingerprint density at radius 3 is 2.83 bits per heavy atom. The summed E-state index contributed by atoms with van der Waals surface area (Å²) in [5, 5.41) is 1.05. The highest BCUT2D eigenvalue weighted by atomic mass is 16.3. The number of amides is 1. The Kier molecular flexibility index (Phi) is 3.67. The zero-order valence-corrected chi connectivity index (χ0v) is 10.7. The normalized spacial score (nSPS) is 12.6. The van der Waals surface area contributed by atoms with Crippen LogP contribution in [0.5, 0.6) is 0 Å².